The first-order chi connectivity index (χ1) is 7.20. The summed E-state index contributed by atoms with van der Waals surface area (Å²) in [7, 11) is 0. The highest BCUT2D eigenvalue weighted by Crippen LogP contribution is 2.34. The van der Waals surface area contributed by atoms with E-state index in [1.165, 1.54) is 0 Å². The normalized spacial score (nSPS) is 19.9. The van der Waals surface area contributed by atoms with E-state index in [1.807, 2.05) is 4.90 Å². The van der Waals surface area contributed by atoms with Gasteiger partial charge in [0.15, 0.2) is 0 Å². The second-order valence-electron chi connectivity index (χ2n) is 4.36. The van der Waals surface area contributed by atoms with Gasteiger partial charge >= 0.3 is 0 Å². The van der Waals surface area contributed by atoms with Crippen LogP contribution < -0.4 is 5.32 Å². The highest BCUT2D eigenvalue weighted by atomic mass is 16.2. The average molecular weight is 212 g/mol. The lowest BCUT2D eigenvalue weighted by atomic mass is 9.75. The summed E-state index contributed by atoms with van der Waals surface area (Å²) >= 11 is 0. The molecule has 0 aliphatic carbocycles. The summed E-state index contributed by atoms with van der Waals surface area (Å²) in [5, 5.41) is 3.33. The van der Waals surface area contributed by atoms with Crippen molar-refractivity contribution in [3.05, 3.63) is 0 Å². The second-order valence-corrected chi connectivity index (χ2v) is 4.36. The molecule has 0 radical (unpaired) electrons. The molecule has 0 aromatic carbocycles. The van der Waals surface area contributed by atoms with Crippen molar-refractivity contribution in [2.45, 2.75) is 40.0 Å². The van der Waals surface area contributed by atoms with Crippen LogP contribution in [-0.2, 0) is 4.79 Å². The zero-order valence-electron chi connectivity index (χ0n) is 10.3. The number of carbonyl (C=O) groups excluding carboxylic acids is 1. The molecule has 0 unspecified atom stereocenters. The molecule has 0 atom stereocenters. The van der Waals surface area contributed by atoms with Gasteiger partial charge in [-0.1, -0.05) is 6.92 Å². The van der Waals surface area contributed by atoms with Crippen LogP contribution in [0.2, 0.25) is 0 Å². The Balaban J connectivity index is 2.75. The van der Waals surface area contributed by atoms with Crippen LogP contribution in [0, 0.1) is 5.41 Å². The van der Waals surface area contributed by atoms with Gasteiger partial charge in [-0.2, -0.15) is 0 Å². The molecule has 1 amide bonds. The quantitative estimate of drug-likeness (QED) is 0.768. The first-order valence-electron chi connectivity index (χ1n) is 6.20. The van der Waals surface area contributed by atoms with Crippen molar-refractivity contribution in [1.82, 2.24) is 10.2 Å². The van der Waals surface area contributed by atoms with Gasteiger partial charge in [-0.05, 0) is 46.2 Å². The minimum Gasteiger partial charge on any atom is -0.343 e. The predicted octanol–water partition coefficient (Wildman–Crippen LogP) is 1.63. The van der Waals surface area contributed by atoms with Gasteiger partial charge in [0, 0.05) is 13.1 Å². The van der Waals surface area contributed by atoms with Crippen LogP contribution in [0.25, 0.3) is 0 Å². The third-order valence-corrected chi connectivity index (χ3v) is 3.74. The second kappa shape index (κ2) is 5.50. The van der Waals surface area contributed by atoms with E-state index in [2.05, 4.69) is 26.1 Å². The summed E-state index contributed by atoms with van der Waals surface area (Å²) in [6.45, 7) is 9.92. The molecule has 1 aliphatic rings. The third-order valence-electron chi connectivity index (χ3n) is 3.74. The van der Waals surface area contributed by atoms with Crippen LogP contribution in [0.4, 0.5) is 0 Å². The van der Waals surface area contributed by atoms with Crippen LogP contribution in [0.5, 0.6) is 0 Å². The third kappa shape index (κ3) is 2.51. The first kappa shape index (κ1) is 12.5. The Labute approximate surface area is 93.2 Å². The van der Waals surface area contributed by atoms with Gasteiger partial charge in [-0.15, -0.1) is 0 Å². The van der Waals surface area contributed by atoms with Crippen LogP contribution in [0.1, 0.15) is 40.0 Å². The van der Waals surface area contributed by atoms with E-state index in [9.17, 15) is 4.79 Å². The molecule has 1 saturated heterocycles. The summed E-state index contributed by atoms with van der Waals surface area (Å²) in [5.74, 6) is 0.372. The van der Waals surface area contributed by atoms with Crippen molar-refractivity contribution in [3.63, 3.8) is 0 Å². The van der Waals surface area contributed by atoms with Gasteiger partial charge < -0.3 is 10.2 Å². The fraction of sp³-hybridized carbons (Fsp3) is 0.917. The molecule has 0 spiro atoms. The highest BCUT2D eigenvalue weighted by molar-refractivity contribution is 5.82. The number of hydrogen-bond acceptors (Lipinski definition) is 2. The van der Waals surface area contributed by atoms with Crippen molar-refractivity contribution in [2.75, 3.05) is 26.2 Å². The Hall–Kier alpha value is -0.570. The fourth-order valence-corrected chi connectivity index (χ4v) is 2.47. The Morgan fingerprint density at radius 1 is 1.20 bits per heavy atom. The zero-order chi connectivity index (χ0) is 11.3. The van der Waals surface area contributed by atoms with E-state index < -0.39 is 0 Å². The van der Waals surface area contributed by atoms with Crippen molar-refractivity contribution in [2.24, 2.45) is 5.41 Å². The molecule has 1 aliphatic heterocycles. The molecule has 0 aromatic heterocycles. The number of hydrogen-bond donors (Lipinski definition) is 1. The number of piperidine rings is 1. The first-order valence-corrected chi connectivity index (χ1v) is 6.20. The van der Waals surface area contributed by atoms with E-state index in [1.54, 1.807) is 0 Å². The maximum atomic E-state index is 12.4. The monoisotopic (exact) mass is 212 g/mol. The predicted molar refractivity (Wildman–Crippen MR) is 62.8 cm³/mol. The number of rotatable bonds is 4. The number of nitrogens with one attached hydrogen (secondary N) is 1. The van der Waals surface area contributed by atoms with Crippen molar-refractivity contribution in [3.8, 4) is 0 Å². The van der Waals surface area contributed by atoms with Crippen molar-refractivity contribution >= 4 is 5.91 Å². The summed E-state index contributed by atoms with van der Waals surface area (Å²) in [4.78, 5) is 14.4. The maximum Gasteiger partial charge on any atom is 0.228 e. The largest absolute Gasteiger partial charge is 0.343 e. The van der Waals surface area contributed by atoms with Gasteiger partial charge in [0.1, 0.15) is 0 Å². The average Bonchev–Trinajstić information content (AvgIpc) is 2.31. The highest BCUT2D eigenvalue weighted by Gasteiger charge is 2.39. The molecule has 0 saturated carbocycles. The van der Waals surface area contributed by atoms with Gasteiger partial charge in [0.05, 0.1) is 5.41 Å². The SMILES string of the molecule is CCN(CC)C(=O)C1(CC)CCNCC1. The van der Waals surface area contributed by atoms with Crippen molar-refractivity contribution in [1.29, 1.82) is 0 Å². The topological polar surface area (TPSA) is 32.3 Å². The van der Waals surface area contributed by atoms with Gasteiger partial charge in [-0.25, -0.2) is 0 Å². The summed E-state index contributed by atoms with van der Waals surface area (Å²) in [6.07, 6.45) is 2.97. The van der Waals surface area contributed by atoms with E-state index >= 15 is 0 Å². The Morgan fingerprint density at radius 2 is 1.73 bits per heavy atom. The molecule has 3 nitrogen and oxygen atoms in total. The molecule has 88 valence electrons. The lowest BCUT2D eigenvalue weighted by Gasteiger charge is -2.39. The maximum absolute atomic E-state index is 12.4. The molecular weight excluding hydrogens is 188 g/mol. The number of nitrogens with zero attached hydrogens (tertiary/aromatic N) is 1. The Kier molecular flexibility index (Phi) is 4.58. The standard InChI is InChI=1S/C12H24N2O/c1-4-12(7-9-13-10-8-12)11(15)14(5-2)6-3/h13H,4-10H2,1-3H3. The molecule has 15 heavy (non-hydrogen) atoms. The molecule has 1 N–H and O–H groups in total. The van der Waals surface area contributed by atoms with E-state index in [0.717, 1.165) is 45.4 Å². The minimum atomic E-state index is -0.0722. The van der Waals surface area contributed by atoms with Crippen LogP contribution in [0.3, 0.4) is 0 Å². The van der Waals surface area contributed by atoms with Gasteiger partial charge in [0.25, 0.3) is 0 Å². The van der Waals surface area contributed by atoms with Crippen LogP contribution in [-0.4, -0.2) is 37.0 Å². The van der Waals surface area contributed by atoms with Gasteiger partial charge in [-0.3, -0.25) is 4.79 Å². The summed E-state index contributed by atoms with van der Waals surface area (Å²) in [5.41, 5.74) is -0.0722. The van der Waals surface area contributed by atoms with Gasteiger partial charge in [0.2, 0.25) is 5.91 Å². The summed E-state index contributed by atoms with van der Waals surface area (Å²) in [6, 6.07) is 0. The van der Waals surface area contributed by atoms with E-state index in [4.69, 9.17) is 0 Å². The Morgan fingerprint density at radius 3 is 2.13 bits per heavy atom. The number of carbonyl (C=O) groups is 1. The molecule has 1 fully saturated rings. The number of amides is 1. The smallest absolute Gasteiger partial charge is 0.228 e. The lowest BCUT2D eigenvalue weighted by Crippen LogP contribution is -2.49. The van der Waals surface area contributed by atoms with Crippen molar-refractivity contribution < 1.29 is 4.79 Å². The fourth-order valence-electron chi connectivity index (χ4n) is 2.47. The van der Waals surface area contributed by atoms with E-state index in [0.29, 0.717) is 5.91 Å². The van der Waals surface area contributed by atoms with Crippen LogP contribution in [0.15, 0.2) is 0 Å². The molecule has 1 heterocycles. The summed E-state index contributed by atoms with van der Waals surface area (Å²) < 4.78 is 0. The lowest BCUT2D eigenvalue weighted by molar-refractivity contribution is -0.143. The Bertz CT molecular complexity index is 206. The molecule has 0 bridgehead atoms. The molecule has 1 rings (SSSR count). The molecular formula is C12H24N2O. The molecule has 3 heteroatoms. The zero-order valence-corrected chi connectivity index (χ0v) is 10.3. The minimum absolute atomic E-state index is 0.0722. The van der Waals surface area contributed by atoms with E-state index in [-0.39, 0.29) is 5.41 Å². The molecule has 0 aromatic rings. The van der Waals surface area contributed by atoms with Crippen LogP contribution >= 0.6 is 0 Å².